The zero-order valence-corrected chi connectivity index (χ0v) is 17.3. The highest BCUT2D eigenvalue weighted by molar-refractivity contribution is 7.99. The molecule has 2 saturated heterocycles. The summed E-state index contributed by atoms with van der Waals surface area (Å²) in [5, 5.41) is 7.14. The molecule has 0 spiro atoms. The summed E-state index contributed by atoms with van der Waals surface area (Å²) in [6.07, 6.45) is 2.03. The van der Waals surface area contributed by atoms with Crippen molar-refractivity contribution in [3.63, 3.8) is 0 Å². The molecule has 8 nitrogen and oxygen atoms in total. The van der Waals surface area contributed by atoms with Gasteiger partial charge in [0.1, 0.15) is 0 Å². The molecule has 2 aliphatic rings. The van der Waals surface area contributed by atoms with Gasteiger partial charge in [-0.1, -0.05) is 42.1 Å². The minimum atomic E-state index is -0.245. The van der Waals surface area contributed by atoms with Gasteiger partial charge in [0.25, 0.3) is 0 Å². The van der Waals surface area contributed by atoms with E-state index < -0.39 is 0 Å². The second-order valence-electron chi connectivity index (χ2n) is 7.49. The molecule has 2 fully saturated rings. The van der Waals surface area contributed by atoms with E-state index in [1.54, 1.807) is 4.57 Å². The van der Waals surface area contributed by atoms with Gasteiger partial charge in [-0.3, -0.25) is 14.3 Å². The number of aromatic amines is 1. The number of hydrogen-bond acceptors (Lipinski definition) is 6. The number of ether oxygens (including phenoxy) is 1. The van der Waals surface area contributed by atoms with Gasteiger partial charge < -0.3 is 9.64 Å². The molecule has 0 saturated carbocycles. The molecule has 1 amide bonds. The first-order valence-corrected chi connectivity index (χ1v) is 11.1. The number of benzene rings is 1. The molecule has 29 heavy (non-hydrogen) atoms. The Labute approximate surface area is 174 Å². The first kappa shape index (κ1) is 20.2. The molecule has 2 aromatic rings. The van der Waals surface area contributed by atoms with Crippen molar-refractivity contribution in [2.45, 2.75) is 37.2 Å². The average molecular weight is 418 g/mol. The number of carbonyl (C=O) groups excluding carboxylic acids is 1. The highest BCUT2D eigenvalue weighted by Gasteiger charge is 2.23. The number of amides is 1. The van der Waals surface area contributed by atoms with E-state index in [1.807, 2.05) is 11.0 Å². The summed E-state index contributed by atoms with van der Waals surface area (Å²) in [5.41, 5.74) is 1.05. The molecule has 0 aliphatic carbocycles. The van der Waals surface area contributed by atoms with Crippen molar-refractivity contribution in [2.24, 2.45) is 0 Å². The van der Waals surface area contributed by atoms with Crippen LogP contribution in [0.15, 0.2) is 40.3 Å². The molecule has 2 aliphatic heterocycles. The molecule has 156 valence electrons. The summed E-state index contributed by atoms with van der Waals surface area (Å²) in [6, 6.07) is 10.4. The Kier molecular flexibility index (Phi) is 6.68. The van der Waals surface area contributed by atoms with Crippen LogP contribution >= 0.6 is 11.8 Å². The topological polar surface area (TPSA) is 83.5 Å². The van der Waals surface area contributed by atoms with E-state index in [1.165, 1.54) is 17.3 Å². The first-order chi connectivity index (χ1) is 14.2. The standard InChI is InChI=1S/C20H27N5O3S/c26-18(24-10-8-23(9-11-24)13-16-5-2-1-3-6-16)15-29-20-22-21-19(27)25(20)14-17-7-4-12-28-17/h1-3,5-6,17H,4,7-15H2,(H,21,27). The van der Waals surface area contributed by atoms with E-state index in [-0.39, 0.29) is 23.5 Å². The molecule has 1 unspecified atom stereocenters. The van der Waals surface area contributed by atoms with Gasteiger partial charge >= 0.3 is 5.69 Å². The lowest BCUT2D eigenvalue weighted by atomic mass is 10.2. The molecular formula is C20H27N5O3S. The van der Waals surface area contributed by atoms with Crippen molar-refractivity contribution >= 4 is 17.7 Å². The molecule has 1 aromatic carbocycles. The fourth-order valence-electron chi connectivity index (χ4n) is 3.78. The van der Waals surface area contributed by atoms with Gasteiger partial charge in [0.15, 0.2) is 5.16 Å². The third-order valence-corrected chi connectivity index (χ3v) is 6.39. The van der Waals surface area contributed by atoms with Crippen LogP contribution in [-0.4, -0.2) is 75.1 Å². The minimum Gasteiger partial charge on any atom is -0.376 e. The average Bonchev–Trinajstić information content (AvgIpc) is 3.38. The smallest absolute Gasteiger partial charge is 0.344 e. The molecule has 1 aromatic heterocycles. The maximum absolute atomic E-state index is 12.6. The Morgan fingerprint density at radius 1 is 1.21 bits per heavy atom. The maximum atomic E-state index is 12.6. The van der Waals surface area contributed by atoms with E-state index in [9.17, 15) is 9.59 Å². The predicted molar refractivity (Wildman–Crippen MR) is 111 cm³/mol. The highest BCUT2D eigenvalue weighted by atomic mass is 32.2. The Balaban J connectivity index is 1.25. The van der Waals surface area contributed by atoms with E-state index >= 15 is 0 Å². The largest absolute Gasteiger partial charge is 0.376 e. The fourth-order valence-corrected chi connectivity index (χ4v) is 4.64. The van der Waals surface area contributed by atoms with E-state index in [2.05, 4.69) is 39.4 Å². The summed E-state index contributed by atoms with van der Waals surface area (Å²) < 4.78 is 7.21. The second-order valence-corrected chi connectivity index (χ2v) is 8.43. The summed E-state index contributed by atoms with van der Waals surface area (Å²) in [7, 11) is 0. The number of H-pyrrole nitrogens is 1. The minimum absolute atomic E-state index is 0.0537. The molecule has 1 atom stereocenters. The summed E-state index contributed by atoms with van der Waals surface area (Å²) in [6.45, 7) is 5.36. The summed E-state index contributed by atoms with van der Waals surface area (Å²) in [5.74, 6) is 0.377. The van der Waals surface area contributed by atoms with Gasteiger partial charge in [-0.2, -0.15) is 0 Å². The number of nitrogens with zero attached hydrogens (tertiary/aromatic N) is 4. The Hall–Kier alpha value is -2.10. The fraction of sp³-hybridized carbons (Fsp3) is 0.550. The van der Waals surface area contributed by atoms with Crippen molar-refractivity contribution in [1.29, 1.82) is 0 Å². The Bertz CT molecular complexity index is 855. The first-order valence-electron chi connectivity index (χ1n) is 10.1. The zero-order chi connectivity index (χ0) is 20.1. The Morgan fingerprint density at radius 3 is 2.72 bits per heavy atom. The van der Waals surface area contributed by atoms with Gasteiger partial charge in [-0.25, -0.2) is 9.89 Å². The summed E-state index contributed by atoms with van der Waals surface area (Å²) in [4.78, 5) is 29.0. The SMILES string of the molecule is O=C(CSc1n[nH]c(=O)n1CC1CCCO1)N1CCN(Cc2ccccc2)CC1. The van der Waals surface area contributed by atoms with Crippen molar-refractivity contribution in [1.82, 2.24) is 24.6 Å². The van der Waals surface area contributed by atoms with Gasteiger partial charge in [0, 0.05) is 39.3 Å². The lowest BCUT2D eigenvalue weighted by Crippen LogP contribution is -2.48. The van der Waals surface area contributed by atoms with Crippen molar-refractivity contribution in [2.75, 3.05) is 38.5 Å². The quantitative estimate of drug-likeness (QED) is 0.682. The predicted octanol–water partition coefficient (Wildman–Crippen LogP) is 1.19. The maximum Gasteiger partial charge on any atom is 0.344 e. The van der Waals surface area contributed by atoms with Gasteiger partial charge in [0.05, 0.1) is 18.4 Å². The molecule has 0 radical (unpaired) electrons. The van der Waals surface area contributed by atoms with Crippen LogP contribution in [0.2, 0.25) is 0 Å². The van der Waals surface area contributed by atoms with Crippen molar-refractivity contribution in [3.8, 4) is 0 Å². The van der Waals surface area contributed by atoms with Crippen molar-refractivity contribution < 1.29 is 9.53 Å². The van der Waals surface area contributed by atoms with E-state index in [0.717, 1.165) is 52.2 Å². The molecule has 0 bridgehead atoms. The van der Waals surface area contributed by atoms with Crippen LogP contribution in [0.5, 0.6) is 0 Å². The third-order valence-electron chi connectivity index (χ3n) is 5.43. The third kappa shape index (κ3) is 5.29. The zero-order valence-electron chi connectivity index (χ0n) is 16.5. The van der Waals surface area contributed by atoms with Crippen LogP contribution in [0.3, 0.4) is 0 Å². The number of aromatic nitrogens is 3. The monoisotopic (exact) mass is 417 g/mol. The Morgan fingerprint density at radius 2 is 2.00 bits per heavy atom. The van der Waals surface area contributed by atoms with E-state index in [4.69, 9.17) is 4.74 Å². The van der Waals surface area contributed by atoms with Crippen LogP contribution in [0.1, 0.15) is 18.4 Å². The number of hydrogen-bond donors (Lipinski definition) is 1. The van der Waals surface area contributed by atoms with Gasteiger partial charge in [-0.05, 0) is 18.4 Å². The molecule has 4 rings (SSSR count). The normalized spacial score (nSPS) is 20.3. The van der Waals surface area contributed by atoms with Crippen LogP contribution in [0, 0.1) is 0 Å². The number of rotatable bonds is 7. The number of piperazine rings is 1. The van der Waals surface area contributed by atoms with E-state index in [0.29, 0.717) is 11.7 Å². The number of carbonyl (C=O) groups is 1. The second kappa shape index (κ2) is 9.60. The summed E-state index contributed by atoms with van der Waals surface area (Å²) >= 11 is 1.32. The lowest BCUT2D eigenvalue weighted by molar-refractivity contribution is -0.130. The molecular weight excluding hydrogens is 390 g/mol. The highest BCUT2D eigenvalue weighted by Crippen LogP contribution is 2.19. The lowest BCUT2D eigenvalue weighted by Gasteiger charge is -2.34. The number of thioether (sulfide) groups is 1. The van der Waals surface area contributed by atoms with Crippen LogP contribution in [0.25, 0.3) is 0 Å². The molecule has 3 heterocycles. The van der Waals surface area contributed by atoms with Crippen LogP contribution in [-0.2, 0) is 22.6 Å². The van der Waals surface area contributed by atoms with Crippen molar-refractivity contribution in [3.05, 3.63) is 46.4 Å². The van der Waals surface area contributed by atoms with Crippen LogP contribution < -0.4 is 5.69 Å². The van der Waals surface area contributed by atoms with Crippen LogP contribution in [0.4, 0.5) is 0 Å². The van der Waals surface area contributed by atoms with Gasteiger partial charge in [-0.15, -0.1) is 5.10 Å². The molecule has 1 N–H and O–H groups in total. The number of nitrogens with one attached hydrogen (secondary N) is 1. The van der Waals surface area contributed by atoms with Gasteiger partial charge in [0.2, 0.25) is 5.91 Å². The molecule has 9 heteroatoms.